The number of halogens is 1. The van der Waals surface area contributed by atoms with E-state index in [4.69, 9.17) is 0 Å². The van der Waals surface area contributed by atoms with Gasteiger partial charge in [-0.25, -0.2) is 9.37 Å². The number of hydrogen-bond acceptors (Lipinski definition) is 1. The van der Waals surface area contributed by atoms with Crippen molar-refractivity contribution in [2.45, 2.75) is 41.5 Å². The summed E-state index contributed by atoms with van der Waals surface area (Å²) in [5, 5.41) is 0.806. The largest absolute Gasteiger partial charge is 0.346 e. The third-order valence-electron chi connectivity index (χ3n) is 1.37. The number of aromatic nitrogens is 2. The summed E-state index contributed by atoms with van der Waals surface area (Å²) in [5.41, 5.74) is 0.724. The van der Waals surface area contributed by atoms with Crippen molar-refractivity contribution in [3.8, 4) is 0 Å². The molecule has 0 unspecified atom stereocenters. The van der Waals surface area contributed by atoms with Crippen molar-refractivity contribution >= 4 is 11.0 Å². The Morgan fingerprint density at radius 1 is 1.06 bits per heavy atom. The quantitative estimate of drug-likeness (QED) is 0.700. The molecule has 0 saturated heterocycles. The summed E-state index contributed by atoms with van der Waals surface area (Å²) in [4.78, 5) is 6.68. The van der Waals surface area contributed by atoms with Gasteiger partial charge in [-0.15, -0.1) is 0 Å². The zero-order chi connectivity index (χ0) is 14.1. The van der Waals surface area contributed by atoms with Crippen LogP contribution in [0.25, 0.3) is 11.0 Å². The van der Waals surface area contributed by atoms with Gasteiger partial charge in [0.05, 0.1) is 6.20 Å². The minimum absolute atomic E-state index is 0.299. The fourth-order valence-corrected chi connectivity index (χ4v) is 0.913. The second kappa shape index (κ2) is 8.67. The number of nitrogens with one attached hydrogen (secondary N) is 1. The molecule has 0 aromatic carbocycles. The molecular weight excluding hydrogens is 227 g/mol. The van der Waals surface area contributed by atoms with Crippen LogP contribution in [0.1, 0.15) is 41.5 Å². The lowest BCUT2D eigenvalue weighted by Gasteiger charge is -1.86. The van der Waals surface area contributed by atoms with Gasteiger partial charge in [-0.2, -0.15) is 0 Å². The number of pyridine rings is 1. The van der Waals surface area contributed by atoms with E-state index < -0.39 is 0 Å². The Morgan fingerprint density at radius 2 is 1.56 bits per heavy atom. The van der Waals surface area contributed by atoms with Crippen molar-refractivity contribution in [3.63, 3.8) is 0 Å². The summed E-state index contributed by atoms with van der Waals surface area (Å²) >= 11 is 0. The highest BCUT2D eigenvalue weighted by Crippen LogP contribution is 2.09. The van der Waals surface area contributed by atoms with Crippen molar-refractivity contribution < 1.29 is 4.39 Å². The first-order chi connectivity index (χ1) is 8.32. The van der Waals surface area contributed by atoms with E-state index in [2.05, 4.69) is 51.5 Å². The molecule has 2 rings (SSSR count). The van der Waals surface area contributed by atoms with Gasteiger partial charge < -0.3 is 4.98 Å². The number of hydrogen-bond donors (Lipinski definition) is 1. The lowest BCUT2D eigenvalue weighted by atomic mass is 10.3. The van der Waals surface area contributed by atoms with Gasteiger partial charge in [-0.05, 0) is 24.0 Å². The maximum atomic E-state index is 12.4. The second-order valence-electron chi connectivity index (χ2n) is 5.53. The van der Waals surface area contributed by atoms with Gasteiger partial charge in [0.25, 0.3) is 0 Å². The van der Waals surface area contributed by atoms with E-state index in [1.54, 1.807) is 12.3 Å². The van der Waals surface area contributed by atoms with Crippen LogP contribution in [0.15, 0.2) is 24.5 Å². The normalized spacial score (nSPS) is 9.83. The Morgan fingerprint density at radius 3 is 2.06 bits per heavy atom. The van der Waals surface area contributed by atoms with E-state index in [0.29, 0.717) is 0 Å². The summed E-state index contributed by atoms with van der Waals surface area (Å²) in [6.45, 7) is 13.0. The summed E-state index contributed by atoms with van der Waals surface area (Å²) in [5.74, 6) is 1.37. The zero-order valence-corrected chi connectivity index (χ0v) is 12.3. The van der Waals surface area contributed by atoms with Crippen LogP contribution in [0.4, 0.5) is 4.39 Å². The first kappa shape index (κ1) is 16.6. The molecule has 0 fully saturated rings. The number of aromatic amines is 1. The third kappa shape index (κ3) is 8.74. The summed E-state index contributed by atoms with van der Waals surface area (Å²) in [6, 6.07) is 3.23. The Balaban J connectivity index is 0.000000307. The molecule has 18 heavy (non-hydrogen) atoms. The van der Waals surface area contributed by atoms with Gasteiger partial charge in [0.2, 0.25) is 0 Å². The molecule has 0 saturated carbocycles. The highest BCUT2D eigenvalue weighted by Gasteiger charge is 1.95. The van der Waals surface area contributed by atoms with Crippen LogP contribution in [0, 0.1) is 17.7 Å². The Kier molecular flexibility index (Phi) is 8.01. The molecule has 1 N–H and O–H groups in total. The Labute approximate surface area is 110 Å². The van der Waals surface area contributed by atoms with Crippen LogP contribution in [0.5, 0.6) is 0 Å². The van der Waals surface area contributed by atoms with Crippen molar-refractivity contribution in [3.05, 3.63) is 30.3 Å². The highest BCUT2D eigenvalue weighted by atomic mass is 19.1. The van der Waals surface area contributed by atoms with Crippen LogP contribution >= 0.6 is 0 Å². The molecule has 2 heterocycles. The van der Waals surface area contributed by atoms with E-state index in [1.807, 2.05) is 0 Å². The van der Waals surface area contributed by atoms with Gasteiger partial charge in [0.1, 0.15) is 11.5 Å². The van der Waals surface area contributed by atoms with E-state index >= 15 is 0 Å². The molecular formula is C15H25FN2. The van der Waals surface area contributed by atoms with Crippen LogP contribution in [0.2, 0.25) is 0 Å². The zero-order valence-electron chi connectivity index (χ0n) is 12.3. The smallest absolute Gasteiger partial charge is 0.142 e. The lowest BCUT2D eigenvalue weighted by Crippen LogP contribution is -1.77. The van der Waals surface area contributed by atoms with Crippen molar-refractivity contribution in [1.82, 2.24) is 9.97 Å². The van der Waals surface area contributed by atoms with Crippen molar-refractivity contribution in [2.24, 2.45) is 11.8 Å². The van der Waals surface area contributed by atoms with E-state index in [1.165, 1.54) is 12.3 Å². The molecule has 0 atom stereocenters. The van der Waals surface area contributed by atoms with Crippen LogP contribution in [-0.2, 0) is 0 Å². The minimum atomic E-state index is -0.299. The molecule has 0 spiro atoms. The van der Waals surface area contributed by atoms with E-state index in [-0.39, 0.29) is 5.82 Å². The first-order valence-electron chi connectivity index (χ1n) is 6.41. The molecule has 0 bridgehead atoms. The summed E-state index contributed by atoms with van der Waals surface area (Å²) in [7, 11) is 0. The maximum Gasteiger partial charge on any atom is 0.142 e. The third-order valence-corrected chi connectivity index (χ3v) is 1.37. The molecule has 0 aliphatic carbocycles. The molecule has 0 aliphatic heterocycles. The molecule has 0 radical (unpaired) electrons. The maximum absolute atomic E-state index is 12.4. The monoisotopic (exact) mass is 252 g/mol. The fraction of sp³-hybridized carbons (Fsp3) is 0.533. The van der Waals surface area contributed by atoms with E-state index in [9.17, 15) is 4.39 Å². The number of nitrogens with zero attached hydrogens (tertiary/aromatic N) is 1. The highest BCUT2D eigenvalue weighted by molar-refractivity contribution is 5.74. The molecule has 0 aliphatic rings. The van der Waals surface area contributed by atoms with Gasteiger partial charge in [-0.3, -0.25) is 0 Å². The summed E-state index contributed by atoms with van der Waals surface area (Å²) < 4.78 is 12.4. The Bertz CT molecular complexity index is 421. The second-order valence-corrected chi connectivity index (χ2v) is 5.53. The first-order valence-corrected chi connectivity index (χ1v) is 6.41. The van der Waals surface area contributed by atoms with Crippen LogP contribution in [-0.4, -0.2) is 9.97 Å². The van der Waals surface area contributed by atoms with Crippen LogP contribution in [0.3, 0.4) is 0 Å². The molecule has 2 aromatic rings. The van der Waals surface area contributed by atoms with Crippen molar-refractivity contribution in [2.75, 3.05) is 0 Å². The predicted molar refractivity (Wildman–Crippen MR) is 77.1 cm³/mol. The topological polar surface area (TPSA) is 28.7 Å². The summed E-state index contributed by atoms with van der Waals surface area (Å²) in [6.07, 6.45) is 2.93. The lowest BCUT2D eigenvalue weighted by molar-refractivity contribution is 0.624. The average molecular weight is 252 g/mol. The van der Waals surface area contributed by atoms with Crippen LogP contribution < -0.4 is 0 Å². The standard InChI is InChI=1S/C7H5FN2.2C4H10/c8-6-3-5-1-2-9-7(5)10-4-6;2*1-4(2)3/h1-4H,(H,9,10);2*4H,1-3H3. The molecule has 3 heteroatoms. The number of H-pyrrole nitrogens is 1. The fourth-order valence-electron chi connectivity index (χ4n) is 0.913. The van der Waals surface area contributed by atoms with Gasteiger partial charge >= 0.3 is 0 Å². The van der Waals surface area contributed by atoms with Gasteiger partial charge in [0, 0.05) is 11.6 Å². The predicted octanol–water partition coefficient (Wildman–Crippen LogP) is 5.03. The van der Waals surface area contributed by atoms with Gasteiger partial charge in [-0.1, -0.05) is 41.5 Å². The molecule has 102 valence electrons. The molecule has 0 amide bonds. The number of rotatable bonds is 0. The molecule has 2 aromatic heterocycles. The minimum Gasteiger partial charge on any atom is -0.346 e. The Hall–Kier alpha value is -1.38. The average Bonchev–Trinajstić information content (AvgIpc) is 2.62. The SMILES string of the molecule is CC(C)C.CC(C)C.Fc1cnc2[nH]ccc2c1. The number of fused-ring (bicyclic) bond motifs is 1. The van der Waals surface area contributed by atoms with Crippen molar-refractivity contribution in [1.29, 1.82) is 0 Å². The molecule has 2 nitrogen and oxygen atoms in total. The van der Waals surface area contributed by atoms with Gasteiger partial charge in [0.15, 0.2) is 0 Å². The van der Waals surface area contributed by atoms with E-state index in [0.717, 1.165) is 22.9 Å².